The second-order valence-electron chi connectivity index (χ2n) is 7.33. The highest BCUT2D eigenvalue weighted by molar-refractivity contribution is 7.92. The van der Waals surface area contributed by atoms with Crippen LogP contribution in [-0.2, 0) is 16.6 Å². The fourth-order valence-electron chi connectivity index (χ4n) is 3.17. The number of anilines is 1. The zero-order valence-corrected chi connectivity index (χ0v) is 19.7. The summed E-state index contributed by atoms with van der Waals surface area (Å²) in [4.78, 5) is 12.5. The molecule has 0 aliphatic heterocycles. The van der Waals surface area contributed by atoms with Crippen molar-refractivity contribution in [2.45, 2.75) is 32.2 Å². The zero-order valence-electron chi connectivity index (χ0n) is 18.1. The van der Waals surface area contributed by atoms with Crippen molar-refractivity contribution in [2.24, 2.45) is 0 Å². The van der Waals surface area contributed by atoms with Crippen LogP contribution in [0.3, 0.4) is 0 Å². The maximum absolute atomic E-state index is 13.0. The summed E-state index contributed by atoms with van der Waals surface area (Å²) in [7, 11) is -3.99. The maximum atomic E-state index is 13.0. The van der Waals surface area contributed by atoms with E-state index in [-0.39, 0.29) is 22.0 Å². The van der Waals surface area contributed by atoms with Crippen LogP contribution in [0.1, 0.15) is 34.0 Å². The van der Waals surface area contributed by atoms with E-state index < -0.39 is 15.9 Å². The number of carbonyl (C=O) groups excluding carboxylic acids is 1. The lowest BCUT2D eigenvalue weighted by atomic mass is 10.1. The van der Waals surface area contributed by atoms with Crippen LogP contribution in [-0.4, -0.2) is 20.9 Å². The molecule has 32 heavy (non-hydrogen) atoms. The van der Waals surface area contributed by atoms with Gasteiger partial charge >= 0.3 is 0 Å². The maximum Gasteiger partial charge on any atom is 0.263 e. The van der Waals surface area contributed by atoms with Gasteiger partial charge in [-0.05, 0) is 68.3 Å². The van der Waals surface area contributed by atoms with Gasteiger partial charge in [-0.2, -0.15) is 0 Å². The molecular weight excluding hydrogens is 448 g/mol. The Labute approximate surface area is 193 Å². The minimum atomic E-state index is -3.99. The largest absolute Gasteiger partial charge is 0.494 e. The molecule has 3 rings (SSSR count). The Morgan fingerprint density at radius 1 is 1.03 bits per heavy atom. The van der Waals surface area contributed by atoms with Gasteiger partial charge in [-0.15, -0.1) is 0 Å². The monoisotopic (exact) mass is 472 g/mol. The smallest absolute Gasteiger partial charge is 0.263 e. The van der Waals surface area contributed by atoms with Gasteiger partial charge in [0, 0.05) is 12.1 Å². The van der Waals surface area contributed by atoms with Crippen LogP contribution in [0.25, 0.3) is 0 Å². The third-order valence-corrected chi connectivity index (χ3v) is 6.62. The molecule has 0 saturated carbocycles. The normalized spacial score (nSPS) is 11.1. The predicted molar refractivity (Wildman–Crippen MR) is 127 cm³/mol. The Kier molecular flexibility index (Phi) is 7.43. The Balaban J connectivity index is 1.78. The minimum absolute atomic E-state index is 0.0308. The van der Waals surface area contributed by atoms with E-state index in [1.807, 2.05) is 57.2 Å². The van der Waals surface area contributed by atoms with E-state index in [0.717, 1.165) is 22.4 Å². The van der Waals surface area contributed by atoms with Gasteiger partial charge in [-0.3, -0.25) is 9.52 Å². The molecule has 3 aromatic carbocycles. The van der Waals surface area contributed by atoms with Gasteiger partial charge in [0.2, 0.25) is 0 Å². The lowest BCUT2D eigenvalue weighted by Crippen LogP contribution is -2.23. The molecule has 0 radical (unpaired) electrons. The van der Waals surface area contributed by atoms with Crippen LogP contribution in [0.2, 0.25) is 5.02 Å². The molecule has 0 atom stereocenters. The molecule has 0 bridgehead atoms. The summed E-state index contributed by atoms with van der Waals surface area (Å²) in [5.41, 5.74) is 3.32. The van der Waals surface area contributed by atoms with E-state index in [9.17, 15) is 13.2 Å². The number of sulfonamides is 1. The summed E-state index contributed by atoms with van der Waals surface area (Å²) in [6.45, 7) is 6.46. The first-order chi connectivity index (χ1) is 15.2. The van der Waals surface area contributed by atoms with Gasteiger partial charge < -0.3 is 10.1 Å². The number of carbonyl (C=O) groups is 1. The third kappa shape index (κ3) is 5.81. The number of aryl methyl sites for hydroxylation is 2. The molecule has 8 heteroatoms. The molecule has 0 fully saturated rings. The van der Waals surface area contributed by atoms with Gasteiger partial charge in [0.1, 0.15) is 10.6 Å². The molecule has 168 valence electrons. The molecule has 3 aromatic rings. The highest BCUT2D eigenvalue weighted by Crippen LogP contribution is 2.27. The van der Waals surface area contributed by atoms with Crippen LogP contribution in [0.5, 0.6) is 5.75 Å². The molecule has 0 spiro atoms. The zero-order chi connectivity index (χ0) is 23.3. The first-order valence-electron chi connectivity index (χ1n) is 10.1. The molecule has 0 heterocycles. The quantitative estimate of drug-likeness (QED) is 0.478. The molecule has 1 amide bonds. The average molecular weight is 473 g/mol. The summed E-state index contributed by atoms with van der Waals surface area (Å²) in [5.74, 6) is 0.308. The molecule has 0 aromatic heterocycles. The highest BCUT2D eigenvalue weighted by Gasteiger charge is 2.21. The summed E-state index contributed by atoms with van der Waals surface area (Å²) >= 11 is 6.17. The predicted octanol–water partition coefficient (Wildman–Crippen LogP) is 5.09. The number of rotatable bonds is 8. The summed E-state index contributed by atoms with van der Waals surface area (Å²) in [6.07, 6.45) is 0. The van der Waals surface area contributed by atoms with Crippen LogP contribution in [0, 0.1) is 13.8 Å². The van der Waals surface area contributed by atoms with Crippen molar-refractivity contribution in [3.8, 4) is 5.75 Å². The van der Waals surface area contributed by atoms with Crippen LogP contribution in [0.15, 0.2) is 65.6 Å². The highest BCUT2D eigenvalue weighted by atomic mass is 35.5. The van der Waals surface area contributed by atoms with Crippen molar-refractivity contribution in [3.63, 3.8) is 0 Å². The van der Waals surface area contributed by atoms with Gasteiger partial charge in [-0.25, -0.2) is 8.42 Å². The van der Waals surface area contributed by atoms with Crippen molar-refractivity contribution in [2.75, 3.05) is 11.3 Å². The standard InChI is InChI=1S/C24H25ClN2O4S/c1-4-31-20-7-5-6-18(13-20)15-26-24(28)19-9-10-21(25)23(14-19)32(29,30)27-22-11-8-16(2)12-17(22)3/h5-14,27H,4,15H2,1-3H3,(H,26,28). The lowest BCUT2D eigenvalue weighted by molar-refractivity contribution is 0.0950. The van der Waals surface area contributed by atoms with E-state index in [1.54, 1.807) is 6.07 Å². The number of benzene rings is 3. The Hall–Kier alpha value is -3.03. The summed E-state index contributed by atoms with van der Waals surface area (Å²) in [5, 5.41) is 2.83. The number of hydrogen-bond acceptors (Lipinski definition) is 4. The molecule has 6 nitrogen and oxygen atoms in total. The minimum Gasteiger partial charge on any atom is -0.494 e. The van der Waals surface area contributed by atoms with Crippen molar-refractivity contribution in [1.29, 1.82) is 0 Å². The number of halogens is 1. The Morgan fingerprint density at radius 2 is 1.81 bits per heavy atom. The molecule has 0 aliphatic rings. The van der Waals surface area contributed by atoms with Crippen LogP contribution in [0.4, 0.5) is 5.69 Å². The first-order valence-corrected chi connectivity index (χ1v) is 12.0. The Morgan fingerprint density at radius 3 is 2.53 bits per heavy atom. The number of hydrogen-bond donors (Lipinski definition) is 2. The van der Waals surface area contributed by atoms with E-state index in [2.05, 4.69) is 10.0 Å². The first kappa shape index (κ1) is 23.6. The van der Waals surface area contributed by atoms with E-state index >= 15 is 0 Å². The van der Waals surface area contributed by atoms with Crippen LogP contribution >= 0.6 is 11.6 Å². The van der Waals surface area contributed by atoms with Crippen LogP contribution < -0.4 is 14.8 Å². The van der Waals surface area contributed by atoms with E-state index in [1.165, 1.54) is 18.2 Å². The van der Waals surface area contributed by atoms with Crippen molar-refractivity contribution < 1.29 is 17.9 Å². The van der Waals surface area contributed by atoms with Crippen molar-refractivity contribution >= 4 is 33.2 Å². The number of ether oxygens (including phenoxy) is 1. The molecular formula is C24H25ClN2O4S. The van der Waals surface area contributed by atoms with Crippen molar-refractivity contribution in [3.05, 3.63) is 87.9 Å². The van der Waals surface area contributed by atoms with Gasteiger partial charge in [-0.1, -0.05) is 41.4 Å². The Bertz CT molecular complexity index is 1240. The number of amides is 1. The van der Waals surface area contributed by atoms with E-state index in [4.69, 9.17) is 16.3 Å². The van der Waals surface area contributed by atoms with E-state index in [0.29, 0.717) is 12.3 Å². The molecule has 0 saturated heterocycles. The summed E-state index contributed by atoms with van der Waals surface area (Å²) < 4.78 is 34.0. The third-order valence-electron chi connectivity index (χ3n) is 4.77. The molecule has 2 N–H and O–H groups in total. The van der Waals surface area contributed by atoms with Gasteiger partial charge in [0.05, 0.1) is 17.3 Å². The van der Waals surface area contributed by atoms with Gasteiger partial charge in [0.25, 0.3) is 15.9 Å². The lowest BCUT2D eigenvalue weighted by Gasteiger charge is -2.13. The van der Waals surface area contributed by atoms with Crippen molar-refractivity contribution in [1.82, 2.24) is 5.32 Å². The topological polar surface area (TPSA) is 84.5 Å². The molecule has 0 unspecified atom stereocenters. The summed E-state index contributed by atoms with van der Waals surface area (Å²) in [6, 6.07) is 17.0. The second-order valence-corrected chi connectivity index (χ2v) is 9.39. The fraction of sp³-hybridized carbons (Fsp3) is 0.208. The molecule has 0 aliphatic carbocycles. The fourth-order valence-corrected chi connectivity index (χ4v) is 4.83. The average Bonchev–Trinajstić information content (AvgIpc) is 2.75. The number of nitrogens with one attached hydrogen (secondary N) is 2. The second kappa shape index (κ2) is 10.1. The van der Waals surface area contributed by atoms with Gasteiger partial charge in [0.15, 0.2) is 0 Å². The SMILES string of the molecule is CCOc1cccc(CNC(=O)c2ccc(Cl)c(S(=O)(=O)Nc3ccc(C)cc3C)c2)c1.